The van der Waals surface area contributed by atoms with Crippen molar-refractivity contribution in [3.05, 3.63) is 41.5 Å². The highest BCUT2D eigenvalue weighted by Crippen LogP contribution is 2.17. The molecular formula is C12H17N. The Labute approximate surface area is 80.3 Å². The molecule has 2 N–H and O–H groups in total. The van der Waals surface area contributed by atoms with Crippen LogP contribution in [0.1, 0.15) is 24.5 Å². The molecule has 13 heavy (non-hydrogen) atoms. The zero-order chi connectivity index (χ0) is 9.68. The Morgan fingerprint density at radius 3 is 2.69 bits per heavy atom. The molecule has 0 heterocycles. The lowest BCUT2D eigenvalue weighted by atomic mass is 10.0. The monoisotopic (exact) mass is 175 g/mol. The molecule has 1 rings (SSSR count). The van der Waals surface area contributed by atoms with Crippen molar-refractivity contribution in [1.29, 1.82) is 0 Å². The summed E-state index contributed by atoms with van der Waals surface area (Å²) in [6, 6.07) is 8.42. The second kappa shape index (κ2) is 4.83. The van der Waals surface area contributed by atoms with Crippen LogP contribution >= 0.6 is 0 Å². The molecule has 0 aliphatic heterocycles. The fourth-order valence-corrected chi connectivity index (χ4v) is 1.43. The zero-order valence-corrected chi connectivity index (χ0v) is 8.38. The maximum atomic E-state index is 5.45. The fourth-order valence-electron chi connectivity index (χ4n) is 1.43. The van der Waals surface area contributed by atoms with E-state index < -0.39 is 0 Å². The van der Waals surface area contributed by atoms with Gasteiger partial charge < -0.3 is 5.73 Å². The molecule has 0 aliphatic rings. The molecule has 70 valence electrons. The van der Waals surface area contributed by atoms with Crippen molar-refractivity contribution in [2.24, 2.45) is 5.73 Å². The Bertz CT molecular complexity index is 300. The Balaban J connectivity index is 2.88. The van der Waals surface area contributed by atoms with Gasteiger partial charge in [0.25, 0.3) is 0 Å². The summed E-state index contributed by atoms with van der Waals surface area (Å²) in [7, 11) is 0. The van der Waals surface area contributed by atoms with E-state index >= 15 is 0 Å². The van der Waals surface area contributed by atoms with E-state index in [1.807, 2.05) is 0 Å². The van der Waals surface area contributed by atoms with E-state index in [9.17, 15) is 0 Å². The average Bonchev–Trinajstić information content (AvgIpc) is 2.15. The molecule has 0 radical (unpaired) electrons. The van der Waals surface area contributed by atoms with Crippen molar-refractivity contribution in [3.63, 3.8) is 0 Å². The van der Waals surface area contributed by atoms with E-state index in [2.05, 4.69) is 44.2 Å². The van der Waals surface area contributed by atoms with Crippen LogP contribution in [0.25, 0.3) is 5.57 Å². The van der Waals surface area contributed by atoms with Crippen LogP contribution in [0.4, 0.5) is 0 Å². The summed E-state index contributed by atoms with van der Waals surface area (Å²) in [6.07, 6.45) is 3.16. The van der Waals surface area contributed by atoms with Gasteiger partial charge in [0.2, 0.25) is 0 Å². The summed E-state index contributed by atoms with van der Waals surface area (Å²) in [6.45, 7) is 5.00. The summed E-state index contributed by atoms with van der Waals surface area (Å²) < 4.78 is 0. The summed E-state index contributed by atoms with van der Waals surface area (Å²) in [5.74, 6) is 0. The van der Waals surface area contributed by atoms with Gasteiger partial charge in [0, 0.05) is 0 Å². The molecule has 0 aliphatic carbocycles. The van der Waals surface area contributed by atoms with Gasteiger partial charge in [-0.1, -0.05) is 30.3 Å². The van der Waals surface area contributed by atoms with Crippen LogP contribution in [0.2, 0.25) is 0 Å². The highest BCUT2D eigenvalue weighted by Gasteiger charge is 1.97. The van der Waals surface area contributed by atoms with E-state index in [-0.39, 0.29) is 0 Å². The van der Waals surface area contributed by atoms with Gasteiger partial charge in [0.1, 0.15) is 0 Å². The first kappa shape index (κ1) is 10.0. The van der Waals surface area contributed by atoms with Crippen LogP contribution in [0.3, 0.4) is 0 Å². The Morgan fingerprint density at radius 1 is 1.38 bits per heavy atom. The molecule has 0 saturated heterocycles. The van der Waals surface area contributed by atoms with E-state index in [0.717, 1.165) is 13.0 Å². The average molecular weight is 175 g/mol. The summed E-state index contributed by atoms with van der Waals surface area (Å²) in [4.78, 5) is 0. The third-order valence-corrected chi connectivity index (χ3v) is 2.19. The SMILES string of the molecule is CC(=CCCN)c1ccccc1C. The first-order valence-electron chi connectivity index (χ1n) is 4.68. The van der Waals surface area contributed by atoms with Gasteiger partial charge in [0.05, 0.1) is 0 Å². The van der Waals surface area contributed by atoms with Crippen LogP contribution in [0.15, 0.2) is 30.3 Å². The lowest BCUT2D eigenvalue weighted by Gasteiger charge is -2.05. The number of hydrogen-bond donors (Lipinski definition) is 1. The highest BCUT2D eigenvalue weighted by molar-refractivity contribution is 5.66. The Kier molecular flexibility index (Phi) is 3.71. The first-order valence-corrected chi connectivity index (χ1v) is 4.68. The number of benzene rings is 1. The maximum absolute atomic E-state index is 5.45. The minimum Gasteiger partial charge on any atom is -0.330 e. The van der Waals surface area contributed by atoms with Crippen LogP contribution in [0.5, 0.6) is 0 Å². The van der Waals surface area contributed by atoms with Crippen molar-refractivity contribution in [2.75, 3.05) is 6.54 Å². The second-order valence-electron chi connectivity index (χ2n) is 3.28. The van der Waals surface area contributed by atoms with Gasteiger partial charge in [-0.05, 0) is 43.5 Å². The van der Waals surface area contributed by atoms with Crippen molar-refractivity contribution in [2.45, 2.75) is 20.3 Å². The van der Waals surface area contributed by atoms with Crippen LogP contribution in [0, 0.1) is 6.92 Å². The lowest BCUT2D eigenvalue weighted by molar-refractivity contribution is 1.01. The predicted molar refractivity (Wildman–Crippen MR) is 58.5 cm³/mol. The van der Waals surface area contributed by atoms with Gasteiger partial charge >= 0.3 is 0 Å². The van der Waals surface area contributed by atoms with E-state index in [1.165, 1.54) is 16.7 Å². The number of allylic oxidation sites excluding steroid dienone is 1. The van der Waals surface area contributed by atoms with Gasteiger partial charge in [-0.25, -0.2) is 0 Å². The minimum absolute atomic E-state index is 0.725. The topological polar surface area (TPSA) is 26.0 Å². The van der Waals surface area contributed by atoms with Gasteiger partial charge in [-0.15, -0.1) is 0 Å². The van der Waals surface area contributed by atoms with Gasteiger partial charge in [-0.2, -0.15) is 0 Å². The number of rotatable bonds is 3. The summed E-state index contributed by atoms with van der Waals surface area (Å²) >= 11 is 0. The van der Waals surface area contributed by atoms with E-state index in [4.69, 9.17) is 5.73 Å². The molecule has 0 spiro atoms. The molecule has 0 amide bonds. The number of hydrogen-bond acceptors (Lipinski definition) is 1. The molecule has 0 aromatic heterocycles. The van der Waals surface area contributed by atoms with E-state index in [1.54, 1.807) is 0 Å². The smallest absolute Gasteiger partial charge is 0.00424 e. The van der Waals surface area contributed by atoms with E-state index in [0.29, 0.717) is 0 Å². The number of aryl methyl sites for hydroxylation is 1. The quantitative estimate of drug-likeness (QED) is 0.751. The molecule has 0 atom stereocenters. The molecule has 0 unspecified atom stereocenters. The molecule has 0 saturated carbocycles. The van der Waals surface area contributed by atoms with Crippen molar-refractivity contribution >= 4 is 5.57 Å². The fraction of sp³-hybridized carbons (Fsp3) is 0.333. The third-order valence-electron chi connectivity index (χ3n) is 2.19. The van der Waals surface area contributed by atoms with Crippen LogP contribution in [-0.2, 0) is 0 Å². The highest BCUT2D eigenvalue weighted by atomic mass is 14.5. The van der Waals surface area contributed by atoms with Crippen LogP contribution < -0.4 is 5.73 Å². The largest absolute Gasteiger partial charge is 0.330 e. The molecule has 1 aromatic rings. The standard InChI is InChI=1S/C12H17N/c1-10-6-3-4-8-12(10)11(2)7-5-9-13/h3-4,6-8H,5,9,13H2,1-2H3. The first-order chi connectivity index (χ1) is 6.25. The predicted octanol–water partition coefficient (Wildman–Crippen LogP) is 2.75. The summed E-state index contributed by atoms with van der Waals surface area (Å²) in [5, 5.41) is 0. The summed E-state index contributed by atoms with van der Waals surface area (Å²) in [5.41, 5.74) is 9.43. The number of nitrogens with two attached hydrogens (primary N) is 1. The molecule has 0 fully saturated rings. The van der Waals surface area contributed by atoms with Gasteiger partial charge in [-0.3, -0.25) is 0 Å². The lowest BCUT2D eigenvalue weighted by Crippen LogP contribution is -1.96. The minimum atomic E-state index is 0.725. The molecule has 1 heteroatoms. The molecule has 1 aromatic carbocycles. The zero-order valence-electron chi connectivity index (χ0n) is 8.38. The Hall–Kier alpha value is -1.08. The molecular weight excluding hydrogens is 158 g/mol. The van der Waals surface area contributed by atoms with Crippen molar-refractivity contribution in [3.8, 4) is 0 Å². The van der Waals surface area contributed by atoms with Gasteiger partial charge in [0.15, 0.2) is 0 Å². The normalized spacial score (nSPS) is 11.8. The molecule has 0 bridgehead atoms. The third kappa shape index (κ3) is 2.71. The Morgan fingerprint density at radius 2 is 2.08 bits per heavy atom. The second-order valence-corrected chi connectivity index (χ2v) is 3.28. The van der Waals surface area contributed by atoms with Crippen molar-refractivity contribution < 1.29 is 0 Å². The maximum Gasteiger partial charge on any atom is -0.00424 e. The molecule has 1 nitrogen and oxygen atoms in total. The van der Waals surface area contributed by atoms with Crippen molar-refractivity contribution in [1.82, 2.24) is 0 Å². The van der Waals surface area contributed by atoms with Crippen LogP contribution in [-0.4, -0.2) is 6.54 Å².